The molecule has 0 aromatic carbocycles. The Labute approximate surface area is 120 Å². The van der Waals surface area contributed by atoms with E-state index in [0.29, 0.717) is 19.4 Å². The fourth-order valence-electron chi connectivity index (χ4n) is 2.71. The highest BCUT2D eigenvalue weighted by Crippen LogP contribution is 2.16. The fraction of sp³-hybridized carbons (Fsp3) is 0.923. The van der Waals surface area contributed by atoms with Crippen LogP contribution in [0, 0.1) is 0 Å². The molecule has 1 amide bonds. The summed E-state index contributed by atoms with van der Waals surface area (Å²) < 4.78 is 32.2. The third-order valence-corrected chi connectivity index (χ3v) is 5.85. The van der Waals surface area contributed by atoms with E-state index < -0.39 is 15.3 Å². The monoisotopic (exact) mass is 304 g/mol. The maximum absolute atomic E-state index is 12.2. The van der Waals surface area contributed by atoms with Crippen LogP contribution < -0.4 is 4.72 Å². The Kier molecular flexibility index (Phi) is 5.40. The van der Waals surface area contributed by atoms with Gasteiger partial charge in [-0.2, -0.15) is 0 Å². The summed E-state index contributed by atoms with van der Waals surface area (Å²) in [5.74, 6) is 0.129. The number of rotatable bonds is 5. The zero-order chi connectivity index (χ0) is 14.6. The summed E-state index contributed by atoms with van der Waals surface area (Å²) in [6.07, 6.45) is 3.94. The molecule has 0 aromatic rings. The van der Waals surface area contributed by atoms with Gasteiger partial charge in [-0.3, -0.25) is 4.79 Å². The van der Waals surface area contributed by atoms with E-state index in [1.807, 2.05) is 6.92 Å². The molecule has 2 atom stereocenters. The smallest absolute Gasteiger partial charge is 0.222 e. The second-order valence-corrected chi connectivity index (χ2v) is 7.67. The molecular weight excluding hydrogens is 280 g/mol. The molecular formula is C13H24N2O4S. The summed E-state index contributed by atoms with van der Waals surface area (Å²) in [6.45, 7) is 3.82. The van der Waals surface area contributed by atoms with Gasteiger partial charge in [-0.05, 0) is 32.6 Å². The summed E-state index contributed by atoms with van der Waals surface area (Å²) in [6, 6.07) is -0.0953. The Hall–Kier alpha value is -0.660. The van der Waals surface area contributed by atoms with Crippen molar-refractivity contribution in [1.29, 1.82) is 0 Å². The number of piperidine rings is 1. The lowest BCUT2D eigenvalue weighted by Gasteiger charge is -2.33. The third-order valence-electron chi connectivity index (χ3n) is 4.03. The van der Waals surface area contributed by atoms with E-state index in [1.54, 1.807) is 4.90 Å². The molecule has 6 nitrogen and oxygen atoms in total. The van der Waals surface area contributed by atoms with Gasteiger partial charge >= 0.3 is 0 Å². The fourth-order valence-corrected chi connectivity index (χ4v) is 4.18. The molecule has 2 saturated heterocycles. The maximum atomic E-state index is 12.2. The number of likely N-dealkylation sites (tertiary alicyclic amines) is 1. The van der Waals surface area contributed by atoms with Gasteiger partial charge < -0.3 is 9.64 Å². The number of amides is 1. The van der Waals surface area contributed by atoms with Crippen molar-refractivity contribution < 1.29 is 17.9 Å². The number of carbonyl (C=O) groups excluding carboxylic acids is 1. The molecule has 7 heteroatoms. The number of nitrogens with zero attached hydrogens (tertiary/aromatic N) is 1. The maximum Gasteiger partial charge on any atom is 0.222 e. The summed E-state index contributed by atoms with van der Waals surface area (Å²) in [5, 5.41) is -0.458. The molecule has 116 valence electrons. The van der Waals surface area contributed by atoms with Crippen molar-refractivity contribution in [3.05, 3.63) is 0 Å². The van der Waals surface area contributed by atoms with Crippen LogP contribution in [0.15, 0.2) is 0 Å². The molecule has 0 aliphatic carbocycles. The highest BCUT2D eigenvalue weighted by Gasteiger charge is 2.29. The van der Waals surface area contributed by atoms with E-state index in [0.717, 1.165) is 25.8 Å². The van der Waals surface area contributed by atoms with Crippen LogP contribution in [0.4, 0.5) is 0 Å². The molecule has 0 unspecified atom stereocenters. The molecule has 2 aliphatic rings. The molecule has 2 rings (SSSR count). The summed E-state index contributed by atoms with van der Waals surface area (Å²) >= 11 is 0. The van der Waals surface area contributed by atoms with Crippen molar-refractivity contribution in [3.63, 3.8) is 0 Å². The van der Waals surface area contributed by atoms with Gasteiger partial charge in [0, 0.05) is 32.2 Å². The van der Waals surface area contributed by atoms with Crippen molar-refractivity contribution >= 4 is 15.9 Å². The molecule has 0 aromatic heterocycles. The minimum absolute atomic E-state index is 0.0953. The molecule has 2 heterocycles. The van der Waals surface area contributed by atoms with Gasteiger partial charge in [0.1, 0.15) is 0 Å². The Morgan fingerprint density at radius 1 is 1.40 bits per heavy atom. The van der Waals surface area contributed by atoms with Crippen molar-refractivity contribution in [1.82, 2.24) is 9.62 Å². The Balaban J connectivity index is 1.85. The molecule has 1 N–H and O–H groups in total. The first-order valence-electron chi connectivity index (χ1n) is 7.36. The first-order valence-corrected chi connectivity index (χ1v) is 8.91. The van der Waals surface area contributed by atoms with Gasteiger partial charge in [-0.1, -0.05) is 0 Å². The van der Waals surface area contributed by atoms with Crippen LogP contribution in [-0.4, -0.2) is 56.8 Å². The Morgan fingerprint density at radius 2 is 2.20 bits per heavy atom. The van der Waals surface area contributed by atoms with Gasteiger partial charge in [-0.25, -0.2) is 13.1 Å². The number of hydrogen-bond acceptors (Lipinski definition) is 4. The number of nitrogens with one attached hydrogen (secondary N) is 1. The van der Waals surface area contributed by atoms with Crippen molar-refractivity contribution in [2.24, 2.45) is 0 Å². The van der Waals surface area contributed by atoms with Crippen LogP contribution in [0.5, 0.6) is 0 Å². The number of ether oxygens (including phenoxy) is 1. The second-order valence-electron chi connectivity index (χ2n) is 5.63. The molecule has 2 aliphatic heterocycles. The van der Waals surface area contributed by atoms with E-state index >= 15 is 0 Å². The summed E-state index contributed by atoms with van der Waals surface area (Å²) in [4.78, 5) is 13.6. The molecule has 0 bridgehead atoms. The summed E-state index contributed by atoms with van der Waals surface area (Å²) in [7, 11) is -3.35. The average Bonchev–Trinajstić information content (AvgIpc) is 2.46. The van der Waals surface area contributed by atoms with E-state index in [4.69, 9.17) is 4.74 Å². The highest BCUT2D eigenvalue weighted by atomic mass is 32.2. The minimum atomic E-state index is -3.35. The number of hydrogen-bond donors (Lipinski definition) is 1. The van der Waals surface area contributed by atoms with Gasteiger partial charge in [-0.15, -0.1) is 0 Å². The summed E-state index contributed by atoms with van der Waals surface area (Å²) in [5.41, 5.74) is 0. The third kappa shape index (κ3) is 3.93. The van der Waals surface area contributed by atoms with E-state index in [-0.39, 0.29) is 25.1 Å². The van der Waals surface area contributed by atoms with Gasteiger partial charge in [0.05, 0.1) is 11.9 Å². The zero-order valence-electron chi connectivity index (χ0n) is 12.0. The second kappa shape index (κ2) is 6.87. The Morgan fingerprint density at radius 3 is 2.85 bits per heavy atom. The van der Waals surface area contributed by atoms with Crippen LogP contribution >= 0.6 is 0 Å². The predicted octanol–water partition coefficient (Wildman–Crippen LogP) is 0.486. The lowest BCUT2D eigenvalue weighted by atomic mass is 10.1. The van der Waals surface area contributed by atoms with Crippen molar-refractivity contribution in [2.45, 2.75) is 50.3 Å². The standard InChI is InChI=1S/C13H24N2O4S/c1-11(15-7-3-2-6-13(15)16)9-14-20(17,18)12-5-4-8-19-10-12/h11-12,14H,2-10H2,1H3/t11-,12-/m0/s1. The van der Waals surface area contributed by atoms with Gasteiger partial charge in [0.2, 0.25) is 15.9 Å². The topological polar surface area (TPSA) is 75.7 Å². The molecule has 0 spiro atoms. The van der Waals surface area contributed by atoms with Crippen LogP contribution in [-0.2, 0) is 19.6 Å². The van der Waals surface area contributed by atoms with Gasteiger partial charge in [0.25, 0.3) is 0 Å². The largest absolute Gasteiger partial charge is 0.380 e. The first-order chi connectivity index (χ1) is 9.50. The van der Waals surface area contributed by atoms with Crippen LogP contribution in [0.3, 0.4) is 0 Å². The normalized spacial score (nSPS) is 26.6. The van der Waals surface area contributed by atoms with Crippen LogP contribution in [0.25, 0.3) is 0 Å². The minimum Gasteiger partial charge on any atom is -0.380 e. The number of sulfonamides is 1. The van der Waals surface area contributed by atoms with E-state index in [9.17, 15) is 13.2 Å². The van der Waals surface area contributed by atoms with Crippen molar-refractivity contribution in [2.75, 3.05) is 26.3 Å². The molecule has 0 saturated carbocycles. The van der Waals surface area contributed by atoms with Crippen LogP contribution in [0.1, 0.15) is 39.0 Å². The average molecular weight is 304 g/mol. The highest BCUT2D eigenvalue weighted by molar-refractivity contribution is 7.90. The molecule has 20 heavy (non-hydrogen) atoms. The van der Waals surface area contributed by atoms with Crippen LogP contribution in [0.2, 0.25) is 0 Å². The molecule has 0 radical (unpaired) electrons. The van der Waals surface area contributed by atoms with E-state index in [2.05, 4.69) is 4.72 Å². The zero-order valence-corrected chi connectivity index (χ0v) is 12.8. The lowest BCUT2D eigenvalue weighted by Crippen LogP contribution is -2.49. The quantitative estimate of drug-likeness (QED) is 0.802. The number of carbonyl (C=O) groups is 1. The SMILES string of the molecule is C[C@@H](CNS(=O)(=O)[C@H]1CCCOC1)N1CCCCC1=O. The van der Waals surface area contributed by atoms with Gasteiger partial charge in [0.15, 0.2) is 0 Å². The Bertz CT molecular complexity index is 432. The predicted molar refractivity (Wildman–Crippen MR) is 75.8 cm³/mol. The first kappa shape index (κ1) is 15.7. The lowest BCUT2D eigenvalue weighted by molar-refractivity contribution is -0.135. The molecule has 2 fully saturated rings. The van der Waals surface area contributed by atoms with E-state index in [1.165, 1.54) is 0 Å². The van der Waals surface area contributed by atoms with Crippen molar-refractivity contribution in [3.8, 4) is 0 Å².